The first-order valence-corrected chi connectivity index (χ1v) is 14.0. The molecule has 1 aliphatic heterocycles. The average Bonchev–Trinajstić information content (AvgIpc) is 3.44. The second kappa shape index (κ2) is 15.0. The lowest BCUT2D eigenvalue weighted by atomic mass is 9.99. The molecule has 3 aromatic rings. The van der Waals surface area contributed by atoms with Gasteiger partial charge in [-0.2, -0.15) is 0 Å². The van der Waals surface area contributed by atoms with E-state index in [0.717, 1.165) is 4.57 Å². The van der Waals surface area contributed by atoms with Gasteiger partial charge in [-0.1, -0.05) is 30.3 Å². The number of carbonyl (C=O) groups is 4. The predicted octanol–water partition coefficient (Wildman–Crippen LogP) is 2.70. The van der Waals surface area contributed by atoms with Crippen LogP contribution in [0, 0.1) is 6.92 Å². The zero-order valence-corrected chi connectivity index (χ0v) is 25.1. The Hall–Kier alpha value is -5.44. The number of benzene rings is 2. The molecule has 15 heteroatoms. The number of aromatic nitrogens is 2. The largest absolute Gasteiger partial charge is 0.509 e. The summed E-state index contributed by atoms with van der Waals surface area (Å²) in [6, 6.07) is 12.7. The van der Waals surface area contributed by atoms with Crippen LogP contribution in [0.15, 0.2) is 64.3 Å². The molecule has 0 spiro atoms. The molecule has 2 heterocycles. The highest BCUT2D eigenvalue weighted by Crippen LogP contribution is 2.33. The van der Waals surface area contributed by atoms with Gasteiger partial charge >= 0.3 is 23.8 Å². The monoisotopic (exact) mass is 640 g/mol. The van der Waals surface area contributed by atoms with Crippen molar-refractivity contribution < 1.29 is 52.7 Å². The maximum Gasteiger partial charge on any atom is 0.509 e. The normalized spacial score (nSPS) is 17.8. The first kappa shape index (κ1) is 33.5. The molecule has 4 atom stereocenters. The van der Waals surface area contributed by atoms with E-state index in [0.29, 0.717) is 11.5 Å². The van der Waals surface area contributed by atoms with Crippen LogP contribution < -0.4 is 20.7 Å². The fraction of sp³-hybridized carbons (Fsp3) is 0.355. The van der Waals surface area contributed by atoms with E-state index < -0.39 is 79.1 Å². The highest BCUT2D eigenvalue weighted by atomic mass is 16.7. The number of hydrogen-bond acceptors (Lipinski definition) is 12. The number of nitrogens with one attached hydrogen (secondary N) is 1. The van der Waals surface area contributed by atoms with Crippen LogP contribution >= 0.6 is 0 Å². The van der Waals surface area contributed by atoms with Crippen LogP contribution in [0.4, 0.5) is 4.79 Å². The van der Waals surface area contributed by atoms with Gasteiger partial charge in [0.15, 0.2) is 6.10 Å². The summed E-state index contributed by atoms with van der Waals surface area (Å²) in [6.45, 7) is 0.936. The zero-order chi connectivity index (χ0) is 33.4. The van der Waals surface area contributed by atoms with Crippen molar-refractivity contribution in [3.8, 4) is 11.5 Å². The molecule has 1 aromatic heterocycles. The minimum absolute atomic E-state index is 0.0913. The molecule has 46 heavy (non-hydrogen) atoms. The molecule has 0 radical (unpaired) electrons. The van der Waals surface area contributed by atoms with Gasteiger partial charge in [-0.3, -0.25) is 28.7 Å². The van der Waals surface area contributed by atoms with E-state index in [1.54, 1.807) is 36.4 Å². The molecular formula is C31H32N2O13. The SMILES string of the molecule is COc1cc(OC)cc(C(OC(=O)OC[C@H]2O[C@@H](n3cc(C)c(=O)[nH]c3=O)C[C@@H]2OC(=O)CCC(=O)O)C(=O)c2ccccc2)c1. The van der Waals surface area contributed by atoms with Gasteiger partial charge in [-0.05, 0) is 19.1 Å². The van der Waals surface area contributed by atoms with E-state index in [1.807, 2.05) is 0 Å². The van der Waals surface area contributed by atoms with Gasteiger partial charge in [0.2, 0.25) is 5.78 Å². The summed E-state index contributed by atoms with van der Waals surface area (Å²) in [5, 5.41) is 8.91. The number of carbonyl (C=O) groups excluding carboxylic acids is 3. The maximum absolute atomic E-state index is 13.5. The van der Waals surface area contributed by atoms with Crippen molar-refractivity contribution in [2.75, 3.05) is 20.8 Å². The molecule has 4 rings (SSSR count). The Morgan fingerprint density at radius 2 is 1.70 bits per heavy atom. The summed E-state index contributed by atoms with van der Waals surface area (Å²) in [5.41, 5.74) is -0.679. The minimum Gasteiger partial charge on any atom is -0.497 e. The number of carboxylic acid groups (broad SMARTS) is 1. The lowest BCUT2D eigenvalue weighted by molar-refractivity contribution is -0.155. The number of rotatable bonds is 13. The summed E-state index contributed by atoms with van der Waals surface area (Å²) in [6.07, 6.45) is -5.74. The summed E-state index contributed by atoms with van der Waals surface area (Å²) >= 11 is 0. The molecule has 2 aromatic carbocycles. The fourth-order valence-corrected chi connectivity index (χ4v) is 4.67. The number of esters is 1. The predicted molar refractivity (Wildman–Crippen MR) is 157 cm³/mol. The van der Waals surface area contributed by atoms with Gasteiger partial charge in [0.1, 0.15) is 36.5 Å². The number of ketones is 1. The van der Waals surface area contributed by atoms with Crippen molar-refractivity contribution in [1.82, 2.24) is 9.55 Å². The van der Waals surface area contributed by atoms with Crippen molar-refractivity contribution in [2.24, 2.45) is 0 Å². The summed E-state index contributed by atoms with van der Waals surface area (Å²) in [5.74, 6) is -1.95. The van der Waals surface area contributed by atoms with Crippen molar-refractivity contribution >= 4 is 23.9 Å². The smallest absolute Gasteiger partial charge is 0.497 e. The first-order chi connectivity index (χ1) is 22.0. The first-order valence-electron chi connectivity index (χ1n) is 14.0. The summed E-state index contributed by atoms with van der Waals surface area (Å²) < 4.78 is 33.8. The molecule has 1 unspecified atom stereocenters. The lowest BCUT2D eigenvalue weighted by Crippen LogP contribution is -2.34. The Morgan fingerprint density at radius 1 is 1.02 bits per heavy atom. The van der Waals surface area contributed by atoms with Crippen LogP contribution in [0.25, 0.3) is 0 Å². The number of Topliss-reactive ketones (excluding diaryl/α,β-unsaturated/α-hetero) is 1. The molecule has 1 aliphatic rings. The van der Waals surface area contributed by atoms with Gasteiger partial charge in [0, 0.05) is 35.4 Å². The van der Waals surface area contributed by atoms with Crippen molar-refractivity contribution in [3.63, 3.8) is 0 Å². The molecule has 0 bridgehead atoms. The molecular weight excluding hydrogens is 608 g/mol. The van der Waals surface area contributed by atoms with Crippen LogP contribution in [-0.2, 0) is 28.5 Å². The van der Waals surface area contributed by atoms with Crippen LogP contribution in [0.2, 0.25) is 0 Å². The van der Waals surface area contributed by atoms with Gasteiger partial charge in [0.05, 0.1) is 27.1 Å². The van der Waals surface area contributed by atoms with Crippen LogP contribution in [0.3, 0.4) is 0 Å². The number of ether oxygens (including phenoxy) is 6. The molecule has 1 fully saturated rings. The van der Waals surface area contributed by atoms with E-state index in [9.17, 15) is 28.8 Å². The number of aromatic amines is 1. The molecule has 0 saturated carbocycles. The van der Waals surface area contributed by atoms with Crippen LogP contribution in [0.5, 0.6) is 11.5 Å². The Balaban J connectivity index is 1.54. The fourth-order valence-electron chi connectivity index (χ4n) is 4.67. The number of nitrogens with zero attached hydrogens (tertiary/aromatic N) is 1. The van der Waals surface area contributed by atoms with Crippen molar-refractivity contribution in [1.29, 1.82) is 0 Å². The van der Waals surface area contributed by atoms with Gasteiger partial charge < -0.3 is 33.5 Å². The molecule has 0 aliphatic carbocycles. The Bertz CT molecular complexity index is 1680. The average molecular weight is 641 g/mol. The molecule has 244 valence electrons. The number of hydrogen-bond donors (Lipinski definition) is 2. The van der Waals surface area contributed by atoms with Gasteiger partial charge in [0.25, 0.3) is 5.56 Å². The van der Waals surface area contributed by atoms with Crippen LogP contribution in [0.1, 0.15) is 53.1 Å². The number of aryl methyl sites for hydroxylation is 1. The van der Waals surface area contributed by atoms with Crippen molar-refractivity contribution in [3.05, 3.63) is 92.3 Å². The third-order valence-electron chi connectivity index (χ3n) is 7.01. The molecule has 0 amide bonds. The van der Waals surface area contributed by atoms with E-state index >= 15 is 0 Å². The molecule has 1 saturated heterocycles. The Morgan fingerprint density at radius 3 is 2.33 bits per heavy atom. The van der Waals surface area contributed by atoms with Gasteiger partial charge in [-0.15, -0.1) is 0 Å². The van der Waals surface area contributed by atoms with E-state index in [2.05, 4.69) is 4.98 Å². The quantitative estimate of drug-likeness (QED) is 0.204. The van der Waals surface area contributed by atoms with Gasteiger partial charge in [-0.25, -0.2) is 9.59 Å². The zero-order valence-electron chi connectivity index (χ0n) is 25.1. The Labute approximate surface area is 261 Å². The third-order valence-corrected chi connectivity index (χ3v) is 7.01. The minimum atomic E-state index is -1.48. The van der Waals surface area contributed by atoms with E-state index in [4.69, 9.17) is 33.5 Å². The topological polar surface area (TPSA) is 199 Å². The van der Waals surface area contributed by atoms with E-state index in [-0.39, 0.29) is 23.1 Å². The maximum atomic E-state index is 13.5. The second-order valence-corrected chi connectivity index (χ2v) is 10.2. The lowest BCUT2D eigenvalue weighted by Gasteiger charge is -2.21. The standard InChI is InChI=1S/C31H32N2O13/c1-17-15-33(30(39)32-29(17)38)24-14-22(45-26(36)10-9-25(34)35)23(44-24)16-43-31(40)46-28(27(37)18-7-5-4-6-8-18)19-11-20(41-2)13-21(12-19)42-3/h4-8,11-13,15,22-24,28H,9-10,14,16H2,1-3H3,(H,34,35)(H,32,38,39)/t22-,23+,24+,28?/m0/s1. The summed E-state index contributed by atoms with van der Waals surface area (Å²) in [4.78, 5) is 76.3. The van der Waals surface area contributed by atoms with Crippen LogP contribution in [-0.4, -0.2) is 71.6 Å². The highest BCUT2D eigenvalue weighted by Gasteiger charge is 2.41. The molecule has 2 N–H and O–H groups in total. The third kappa shape index (κ3) is 8.38. The Kier molecular flexibility index (Phi) is 10.9. The van der Waals surface area contributed by atoms with Crippen molar-refractivity contribution in [2.45, 2.75) is 50.7 Å². The number of carboxylic acids is 1. The number of aliphatic carboxylic acids is 1. The number of methoxy groups -OCH3 is 2. The second-order valence-electron chi connectivity index (χ2n) is 10.2. The summed E-state index contributed by atoms with van der Waals surface area (Å²) in [7, 11) is 2.84. The molecule has 15 nitrogen and oxygen atoms in total. The number of H-pyrrole nitrogens is 1. The van der Waals surface area contributed by atoms with E-state index in [1.165, 1.54) is 39.5 Å². The highest BCUT2D eigenvalue weighted by molar-refractivity contribution is 6.00.